The van der Waals surface area contributed by atoms with Gasteiger partial charge in [0.1, 0.15) is 0 Å². The monoisotopic (exact) mass is 198 g/mol. The maximum Gasteiger partial charge on any atom is 0.194 e. The zero-order valence-electron chi connectivity index (χ0n) is 6.17. The van der Waals surface area contributed by atoms with Gasteiger partial charge in [0, 0.05) is 12.4 Å². The van der Waals surface area contributed by atoms with E-state index in [4.69, 9.17) is 0 Å². The van der Waals surface area contributed by atoms with Crippen LogP contribution in [0.15, 0.2) is 20.0 Å². The van der Waals surface area contributed by atoms with E-state index in [-0.39, 0.29) is 0 Å². The van der Waals surface area contributed by atoms with Gasteiger partial charge in [-0.25, -0.2) is 9.98 Å². The number of amidine groups is 2. The molecule has 0 aliphatic carbocycles. The van der Waals surface area contributed by atoms with E-state index in [2.05, 4.69) is 20.0 Å². The van der Waals surface area contributed by atoms with Crippen LogP contribution in [0.1, 0.15) is 0 Å². The molecule has 2 aliphatic rings. The Bertz CT molecular complexity index is 262. The zero-order chi connectivity index (χ0) is 8.23. The number of aliphatic imine (C=N–C) groups is 4. The van der Waals surface area contributed by atoms with Crippen LogP contribution in [0.5, 0.6) is 0 Å². The second-order valence-corrected chi connectivity index (χ2v) is 4.10. The predicted molar refractivity (Wildman–Crippen MR) is 56.8 cm³/mol. The van der Waals surface area contributed by atoms with Crippen molar-refractivity contribution in [2.45, 2.75) is 0 Å². The van der Waals surface area contributed by atoms with E-state index in [0.717, 1.165) is 10.3 Å². The molecule has 6 heteroatoms. The Balaban J connectivity index is 1.81. The van der Waals surface area contributed by atoms with Crippen LogP contribution in [0.4, 0.5) is 0 Å². The van der Waals surface area contributed by atoms with E-state index in [0.29, 0.717) is 13.1 Å². The first-order valence-electron chi connectivity index (χ1n) is 3.43. The standard InChI is InChI=1S/C6H6N4S2/c1-2-8-5(7-1)11-12-6-9-3-4-10-6/h1,3H,2,4H2. The molecule has 2 heterocycles. The van der Waals surface area contributed by atoms with E-state index in [9.17, 15) is 0 Å². The van der Waals surface area contributed by atoms with Crippen molar-refractivity contribution >= 4 is 44.4 Å². The summed E-state index contributed by atoms with van der Waals surface area (Å²) in [6.45, 7) is 1.41. The van der Waals surface area contributed by atoms with Crippen LogP contribution in [0.3, 0.4) is 0 Å². The summed E-state index contributed by atoms with van der Waals surface area (Å²) >= 11 is 0. The molecule has 0 aromatic heterocycles. The molecule has 2 aliphatic heterocycles. The van der Waals surface area contributed by atoms with Gasteiger partial charge in [0.2, 0.25) is 0 Å². The molecule has 62 valence electrons. The average Bonchev–Trinajstić information content (AvgIpc) is 2.74. The predicted octanol–water partition coefficient (Wildman–Crippen LogP) is 1.25. The minimum absolute atomic E-state index is 0.707. The highest BCUT2D eigenvalue weighted by Gasteiger charge is 2.07. The summed E-state index contributed by atoms with van der Waals surface area (Å²) in [6.07, 6.45) is 3.59. The molecule has 0 aromatic rings. The van der Waals surface area contributed by atoms with E-state index in [1.165, 1.54) is 21.6 Å². The number of hydrogen-bond acceptors (Lipinski definition) is 6. The smallest absolute Gasteiger partial charge is 0.194 e. The highest BCUT2D eigenvalue weighted by atomic mass is 33.1. The lowest BCUT2D eigenvalue weighted by molar-refractivity contribution is 1.38. The van der Waals surface area contributed by atoms with Crippen molar-refractivity contribution in [2.24, 2.45) is 20.0 Å². The van der Waals surface area contributed by atoms with E-state index >= 15 is 0 Å². The summed E-state index contributed by atoms with van der Waals surface area (Å²) in [6, 6.07) is 0. The lowest BCUT2D eigenvalue weighted by atomic mass is 10.8. The summed E-state index contributed by atoms with van der Waals surface area (Å²) in [5, 5.41) is 1.62. The van der Waals surface area contributed by atoms with Crippen LogP contribution in [-0.2, 0) is 0 Å². The third kappa shape index (κ3) is 1.95. The van der Waals surface area contributed by atoms with E-state index in [1.54, 1.807) is 12.4 Å². The molecule has 0 spiro atoms. The normalized spacial score (nSPS) is 20.0. The summed E-state index contributed by atoms with van der Waals surface area (Å²) in [4.78, 5) is 16.4. The molecule has 0 amide bonds. The van der Waals surface area contributed by atoms with Crippen LogP contribution >= 0.6 is 21.6 Å². The van der Waals surface area contributed by atoms with Gasteiger partial charge < -0.3 is 0 Å². The third-order valence-corrected chi connectivity index (χ3v) is 3.21. The Hall–Kier alpha value is -0.620. The van der Waals surface area contributed by atoms with Gasteiger partial charge in [0.05, 0.1) is 13.1 Å². The molecule has 4 nitrogen and oxygen atoms in total. The quantitative estimate of drug-likeness (QED) is 0.550. The van der Waals surface area contributed by atoms with E-state index in [1.807, 2.05) is 0 Å². The maximum absolute atomic E-state index is 4.13. The molecule has 0 fully saturated rings. The number of hydrogen-bond donors (Lipinski definition) is 0. The fourth-order valence-corrected chi connectivity index (χ4v) is 2.39. The highest BCUT2D eigenvalue weighted by molar-refractivity contribution is 8.87. The van der Waals surface area contributed by atoms with Gasteiger partial charge in [-0.1, -0.05) is 0 Å². The molecule has 0 saturated carbocycles. The molecule has 0 unspecified atom stereocenters. The van der Waals surface area contributed by atoms with Crippen LogP contribution in [0.25, 0.3) is 0 Å². The van der Waals surface area contributed by atoms with Crippen molar-refractivity contribution in [3.8, 4) is 0 Å². The molecule has 0 N–H and O–H groups in total. The van der Waals surface area contributed by atoms with Gasteiger partial charge in [0.15, 0.2) is 10.3 Å². The first-order chi connectivity index (χ1) is 5.95. The maximum atomic E-state index is 4.13. The average molecular weight is 198 g/mol. The van der Waals surface area contributed by atoms with Crippen LogP contribution in [0.2, 0.25) is 0 Å². The summed E-state index contributed by atoms with van der Waals surface area (Å²) in [7, 11) is 3.01. The molecular formula is C6H6N4S2. The highest BCUT2D eigenvalue weighted by Crippen LogP contribution is 2.27. The van der Waals surface area contributed by atoms with Crippen molar-refractivity contribution in [1.82, 2.24) is 0 Å². The summed E-state index contributed by atoms with van der Waals surface area (Å²) < 4.78 is 0. The van der Waals surface area contributed by atoms with Gasteiger partial charge in [-0.2, -0.15) is 0 Å². The molecule has 2 rings (SSSR count). The fraction of sp³-hybridized carbons (Fsp3) is 0.333. The Morgan fingerprint density at radius 3 is 1.75 bits per heavy atom. The van der Waals surface area contributed by atoms with Gasteiger partial charge in [-0.3, -0.25) is 9.98 Å². The largest absolute Gasteiger partial charge is 0.254 e. The molecule has 12 heavy (non-hydrogen) atoms. The first-order valence-corrected chi connectivity index (χ1v) is 5.58. The molecule has 0 atom stereocenters. The second-order valence-electron chi connectivity index (χ2n) is 2.04. The van der Waals surface area contributed by atoms with E-state index < -0.39 is 0 Å². The van der Waals surface area contributed by atoms with Gasteiger partial charge in [-0.15, -0.1) is 0 Å². The summed E-state index contributed by atoms with van der Waals surface area (Å²) in [5.41, 5.74) is 0. The van der Waals surface area contributed by atoms with Gasteiger partial charge in [0.25, 0.3) is 0 Å². The molecule has 0 aromatic carbocycles. The van der Waals surface area contributed by atoms with Crippen molar-refractivity contribution in [1.29, 1.82) is 0 Å². The third-order valence-electron chi connectivity index (χ3n) is 1.21. The molecule has 0 radical (unpaired) electrons. The molecule has 0 bridgehead atoms. The Morgan fingerprint density at radius 2 is 1.42 bits per heavy atom. The second kappa shape index (κ2) is 3.86. The Kier molecular flexibility index (Phi) is 2.57. The lowest BCUT2D eigenvalue weighted by Crippen LogP contribution is -1.82. The Labute approximate surface area is 77.8 Å². The lowest BCUT2D eigenvalue weighted by Gasteiger charge is -1.93. The summed E-state index contributed by atoms with van der Waals surface area (Å²) in [5.74, 6) is 0. The van der Waals surface area contributed by atoms with Crippen molar-refractivity contribution in [2.75, 3.05) is 13.1 Å². The minimum atomic E-state index is 0.707. The van der Waals surface area contributed by atoms with Gasteiger partial charge >= 0.3 is 0 Å². The zero-order valence-corrected chi connectivity index (χ0v) is 7.81. The number of rotatable bonds is 0. The molecular weight excluding hydrogens is 192 g/mol. The van der Waals surface area contributed by atoms with Crippen LogP contribution in [-0.4, -0.2) is 35.9 Å². The van der Waals surface area contributed by atoms with Crippen molar-refractivity contribution < 1.29 is 0 Å². The molecule has 0 saturated heterocycles. The SMILES string of the molecule is C1=NC(SSC2=NCC=N2)=NC1. The van der Waals surface area contributed by atoms with Crippen molar-refractivity contribution in [3.63, 3.8) is 0 Å². The fourth-order valence-electron chi connectivity index (χ4n) is 0.728. The van der Waals surface area contributed by atoms with Crippen molar-refractivity contribution in [3.05, 3.63) is 0 Å². The minimum Gasteiger partial charge on any atom is -0.254 e. The Morgan fingerprint density at radius 1 is 0.917 bits per heavy atom. The first kappa shape index (κ1) is 8.00. The van der Waals surface area contributed by atoms with Gasteiger partial charge in [-0.05, 0) is 21.6 Å². The van der Waals surface area contributed by atoms with Crippen LogP contribution in [0, 0.1) is 0 Å². The topological polar surface area (TPSA) is 49.4 Å². The van der Waals surface area contributed by atoms with Crippen LogP contribution < -0.4 is 0 Å². The number of nitrogens with zero attached hydrogens (tertiary/aromatic N) is 4.